The minimum atomic E-state index is -0.709. The molecule has 0 bridgehead atoms. The second-order valence-electron chi connectivity index (χ2n) is 7.01. The Morgan fingerprint density at radius 2 is 1.96 bits per heavy atom. The first-order valence-corrected chi connectivity index (χ1v) is 8.61. The number of aromatic amines is 1. The van der Waals surface area contributed by atoms with Crippen molar-refractivity contribution >= 4 is 17.4 Å². The van der Waals surface area contributed by atoms with E-state index in [2.05, 4.69) is 4.98 Å². The molecule has 3 N–H and O–H groups in total. The van der Waals surface area contributed by atoms with Crippen LogP contribution in [0, 0.1) is 11.8 Å². The fourth-order valence-corrected chi connectivity index (χ4v) is 2.64. The number of anilines is 2. The number of carbonyl (C=O) groups is 1. The van der Waals surface area contributed by atoms with E-state index in [1.165, 1.54) is 15.7 Å². The van der Waals surface area contributed by atoms with Gasteiger partial charge in [0.2, 0.25) is 5.76 Å². The van der Waals surface area contributed by atoms with Crippen molar-refractivity contribution in [2.45, 2.75) is 34.2 Å². The van der Waals surface area contributed by atoms with E-state index in [0.29, 0.717) is 13.2 Å². The van der Waals surface area contributed by atoms with Gasteiger partial charge in [0.25, 0.3) is 11.5 Å². The maximum atomic E-state index is 12.9. The van der Waals surface area contributed by atoms with Crippen LogP contribution < -0.4 is 21.9 Å². The van der Waals surface area contributed by atoms with Crippen LogP contribution in [0.25, 0.3) is 0 Å². The average Bonchev–Trinajstić information content (AvgIpc) is 2.57. The number of amides is 1. The predicted molar refractivity (Wildman–Crippen MR) is 97.8 cm³/mol. The van der Waals surface area contributed by atoms with Crippen LogP contribution in [0.1, 0.15) is 27.7 Å². The van der Waals surface area contributed by atoms with Crippen LogP contribution in [0.4, 0.5) is 11.5 Å². The highest BCUT2D eigenvalue weighted by atomic mass is 16.6. The molecule has 26 heavy (non-hydrogen) atoms. The van der Waals surface area contributed by atoms with E-state index in [1.54, 1.807) is 0 Å². The first kappa shape index (κ1) is 19.6. The molecule has 2 heterocycles. The third-order valence-electron chi connectivity index (χ3n) is 3.68. The summed E-state index contributed by atoms with van der Waals surface area (Å²) in [6.07, 6.45) is 1.23. The Morgan fingerprint density at radius 1 is 1.27 bits per heavy atom. The number of nitrogens with one attached hydrogen (secondary N) is 1. The summed E-state index contributed by atoms with van der Waals surface area (Å²) in [5.74, 6) is -0.407. The molecule has 1 aliphatic rings. The summed E-state index contributed by atoms with van der Waals surface area (Å²) in [7, 11) is 0. The molecular formula is C17H26N4O5. The minimum absolute atomic E-state index is 0.00249. The number of aromatic nitrogens is 2. The highest BCUT2D eigenvalue weighted by Crippen LogP contribution is 2.22. The van der Waals surface area contributed by atoms with Gasteiger partial charge in [-0.15, -0.1) is 0 Å². The maximum absolute atomic E-state index is 12.9. The summed E-state index contributed by atoms with van der Waals surface area (Å²) in [6.45, 7) is 8.79. The van der Waals surface area contributed by atoms with Crippen LogP contribution in [-0.4, -0.2) is 35.2 Å². The molecule has 0 unspecified atom stereocenters. The number of H-pyrrole nitrogens is 1. The topological polar surface area (TPSA) is 120 Å². The Kier molecular flexibility index (Phi) is 6.12. The highest BCUT2D eigenvalue weighted by Gasteiger charge is 2.29. The third-order valence-corrected chi connectivity index (χ3v) is 3.68. The number of nitrogen functional groups attached to an aromatic ring is 1. The summed E-state index contributed by atoms with van der Waals surface area (Å²) in [5.41, 5.74) is 4.77. The fraction of sp³-hybridized carbons (Fsp3) is 0.588. The molecule has 1 amide bonds. The lowest BCUT2D eigenvalue weighted by atomic mass is 10.2. The van der Waals surface area contributed by atoms with Crippen molar-refractivity contribution in [3.8, 4) is 0 Å². The molecule has 0 saturated carbocycles. The largest absolute Gasteiger partial charge is 0.494 e. The van der Waals surface area contributed by atoms with Crippen molar-refractivity contribution in [3.05, 3.63) is 32.9 Å². The fourth-order valence-electron chi connectivity index (χ4n) is 2.64. The average molecular weight is 366 g/mol. The monoisotopic (exact) mass is 366 g/mol. The number of ether oxygens (including phenoxy) is 2. The second kappa shape index (κ2) is 8.11. The van der Waals surface area contributed by atoms with Crippen LogP contribution in [0.15, 0.2) is 21.6 Å². The van der Waals surface area contributed by atoms with Crippen LogP contribution in [0.3, 0.4) is 0 Å². The highest BCUT2D eigenvalue weighted by molar-refractivity contribution is 6.05. The standard InChI is InChI=1S/C17H26N4O5/c1-10(2)7-20(16(23)12-9-25-5-6-26-12)13-14(18)21(8-11(3)4)17(24)19-15(13)22/h9-11H,5-8,18H2,1-4H3,(H,19,22,24). The quantitative estimate of drug-likeness (QED) is 0.763. The Balaban J connectivity index is 2.57. The van der Waals surface area contributed by atoms with Crippen molar-refractivity contribution in [1.29, 1.82) is 0 Å². The first-order chi connectivity index (χ1) is 12.2. The zero-order chi connectivity index (χ0) is 19.4. The molecule has 0 atom stereocenters. The van der Waals surface area contributed by atoms with Gasteiger partial charge in [-0.3, -0.25) is 24.0 Å². The number of nitrogens with two attached hydrogens (primary N) is 1. The van der Waals surface area contributed by atoms with Gasteiger partial charge in [-0.05, 0) is 11.8 Å². The number of hydrogen-bond donors (Lipinski definition) is 2. The van der Waals surface area contributed by atoms with Crippen molar-refractivity contribution in [3.63, 3.8) is 0 Å². The third kappa shape index (κ3) is 4.27. The van der Waals surface area contributed by atoms with Crippen LogP contribution in [0.2, 0.25) is 0 Å². The molecule has 0 radical (unpaired) electrons. The maximum Gasteiger partial charge on any atom is 0.330 e. The molecule has 0 fully saturated rings. The lowest BCUT2D eigenvalue weighted by Crippen LogP contribution is -2.44. The second-order valence-corrected chi connectivity index (χ2v) is 7.01. The SMILES string of the molecule is CC(C)CN(C(=O)C1=COCCO1)c1c(N)n(CC(C)C)c(=O)[nH]c1=O. The lowest BCUT2D eigenvalue weighted by molar-refractivity contribution is -0.120. The number of nitrogens with zero attached hydrogens (tertiary/aromatic N) is 2. The minimum Gasteiger partial charge on any atom is -0.494 e. The van der Waals surface area contributed by atoms with E-state index in [1.807, 2.05) is 27.7 Å². The molecule has 0 spiro atoms. The zero-order valence-corrected chi connectivity index (χ0v) is 15.6. The van der Waals surface area contributed by atoms with E-state index in [-0.39, 0.29) is 42.3 Å². The molecule has 9 nitrogen and oxygen atoms in total. The molecule has 2 rings (SSSR count). The zero-order valence-electron chi connectivity index (χ0n) is 15.6. The smallest absolute Gasteiger partial charge is 0.330 e. The Bertz CT molecular complexity index is 806. The van der Waals surface area contributed by atoms with E-state index >= 15 is 0 Å². The van der Waals surface area contributed by atoms with Crippen molar-refractivity contribution < 1.29 is 14.3 Å². The van der Waals surface area contributed by atoms with Gasteiger partial charge >= 0.3 is 5.69 Å². The van der Waals surface area contributed by atoms with Crippen molar-refractivity contribution in [1.82, 2.24) is 9.55 Å². The summed E-state index contributed by atoms with van der Waals surface area (Å²) in [4.78, 5) is 41.0. The van der Waals surface area contributed by atoms with Gasteiger partial charge < -0.3 is 15.2 Å². The Morgan fingerprint density at radius 3 is 2.50 bits per heavy atom. The van der Waals surface area contributed by atoms with E-state index in [9.17, 15) is 14.4 Å². The normalized spacial score (nSPS) is 14.0. The molecule has 1 aliphatic heterocycles. The molecule has 0 saturated heterocycles. The van der Waals surface area contributed by atoms with Gasteiger partial charge in [0.1, 0.15) is 25.3 Å². The molecule has 9 heteroatoms. The molecule has 0 aromatic carbocycles. The van der Waals surface area contributed by atoms with Crippen molar-refractivity contribution in [2.75, 3.05) is 30.4 Å². The van der Waals surface area contributed by atoms with Crippen LogP contribution in [-0.2, 0) is 20.8 Å². The van der Waals surface area contributed by atoms with Crippen molar-refractivity contribution in [2.24, 2.45) is 11.8 Å². The molecule has 1 aromatic heterocycles. The molecular weight excluding hydrogens is 340 g/mol. The molecule has 144 valence electrons. The van der Waals surface area contributed by atoms with E-state index in [4.69, 9.17) is 15.2 Å². The first-order valence-electron chi connectivity index (χ1n) is 8.61. The predicted octanol–water partition coefficient (Wildman–Crippen LogP) is 0.652. The summed E-state index contributed by atoms with van der Waals surface area (Å²) < 4.78 is 11.8. The van der Waals surface area contributed by atoms with Gasteiger partial charge in [0.05, 0.1) is 0 Å². The lowest BCUT2D eigenvalue weighted by Gasteiger charge is -2.27. The summed E-state index contributed by atoms with van der Waals surface area (Å²) >= 11 is 0. The Hall–Kier alpha value is -2.71. The van der Waals surface area contributed by atoms with Gasteiger partial charge in [0, 0.05) is 13.1 Å². The van der Waals surface area contributed by atoms with Gasteiger partial charge in [-0.25, -0.2) is 4.79 Å². The van der Waals surface area contributed by atoms with E-state index in [0.717, 1.165) is 0 Å². The van der Waals surface area contributed by atoms with E-state index < -0.39 is 17.2 Å². The van der Waals surface area contributed by atoms with Crippen LogP contribution in [0.5, 0.6) is 0 Å². The molecule has 1 aromatic rings. The molecule has 0 aliphatic carbocycles. The Labute approximate surface area is 151 Å². The summed E-state index contributed by atoms with van der Waals surface area (Å²) in [6, 6.07) is 0. The van der Waals surface area contributed by atoms with Gasteiger partial charge in [-0.1, -0.05) is 27.7 Å². The number of carbonyl (C=O) groups excluding carboxylic acids is 1. The number of rotatable bonds is 6. The summed E-state index contributed by atoms with van der Waals surface area (Å²) in [5, 5.41) is 0. The van der Waals surface area contributed by atoms with Crippen LogP contribution >= 0.6 is 0 Å². The van der Waals surface area contributed by atoms with Gasteiger partial charge in [0.15, 0.2) is 5.69 Å². The number of hydrogen-bond acceptors (Lipinski definition) is 6. The van der Waals surface area contributed by atoms with Gasteiger partial charge in [-0.2, -0.15) is 0 Å².